The van der Waals surface area contributed by atoms with Gasteiger partial charge in [-0.1, -0.05) is 6.07 Å². The number of aryl methyl sites for hydroxylation is 3. The number of aromatic nitrogens is 2. The molecule has 2 rings (SSSR count). The Morgan fingerprint density at radius 2 is 2.05 bits per heavy atom. The van der Waals surface area contributed by atoms with Crippen LogP contribution in [0.4, 0.5) is 5.69 Å². The summed E-state index contributed by atoms with van der Waals surface area (Å²) in [7, 11) is -1.96. The van der Waals surface area contributed by atoms with Crippen LogP contribution in [0.1, 0.15) is 16.8 Å². The van der Waals surface area contributed by atoms with Gasteiger partial charge in [0, 0.05) is 13.2 Å². The van der Waals surface area contributed by atoms with Gasteiger partial charge in [0.15, 0.2) is 0 Å². The minimum Gasteiger partial charge on any atom is -0.392 e. The quantitative estimate of drug-likeness (QED) is 0.891. The third-order valence-electron chi connectivity index (χ3n) is 3.06. The van der Waals surface area contributed by atoms with E-state index in [1.165, 1.54) is 12.1 Å². The van der Waals surface area contributed by atoms with Crippen molar-refractivity contribution in [2.24, 2.45) is 7.05 Å². The Hall–Kier alpha value is -1.86. The van der Waals surface area contributed by atoms with Crippen LogP contribution >= 0.6 is 0 Å². The Bertz CT molecular complexity index is 735. The molecule has 2 aromatic rings. The van der Waals surface area contributed by atoms with Crippen molar-refractivity contribution in [3.8, 4) is 0 Å². The first-order chi connectivity index (χ1) is 9.33. The fourth-order valence-corrected chi connectivity index (χ4v) is 3.04. The molecule has 0 fully saturated rings. The molecule has 1 aromatic carbocycles. The number of aliphatic hydroxyl groups excluding tert-OH is 1. The monoisotopic (exact) mass is 295 g/mol. The third-order valence-corrected chi connectivity index (χ3v) is 4.42. The molecule has 0 aliphatic heterocycles. The number of sulfonamides is 1. The molecule has 0 saturated heterocycles. The maximum atomic E-state index is 12.3. The summed E-state index contributed by atoms with van der Waals surface area (Å²) in [5.74, 6) is 0. The van der Waals surface area contributed by atoms with Crippen molar-refractivity contribution in [1.82, 2.24) is 9.78 Å². The normalized spacial score (nSPS) is 11.6. The van der Waals surface area contributed by atoms with Crippen molar-refractivity contribution in [2.75, 3.05) is 4.72 Å². The zero-order valence-electron chi connectivity index (χ0n) is 11.6. The molecule has 0 bridgehead atoms. The van der Waals surface area contributed by atoms with Gasteiger partial charge >= 0.3 is 0 Å². The predicted molar refractivity (Wildman–Crippen MR) is 75.9 cm³/mol. The van der Waals surface area contributed by atoms with E-state index < -0.39 is 10.0 Å². The van der Waals surface area contributed by atoms with Crippen LogP contribution in [0, 0.1) is 13.8 Å². The minimum absolute atomic E-state index is 0.121. The van der Waals surface area contributed by atoms with Gasteiger partial charge in [0.25, 0.3) is 10.0 Å². The highest BCUT2D eigenvalue weighted by Crippen LogP contribution is 2.20. The second-order valence-electron chi connectivity index (χ2n) is 4.65. The minimum atomic E-state index is -3.69. The molecular formula is C13H17N3O3S. The number of rotatable bonds is 4. The van der Waals surface area contributed by atoms with Crippen LogP contribution in [0.15, 0.2) is 29.3 Å². The molecule has 1 aromatic heterocycles. The average molecular weight is 295 g/mol. The number of aliphatic hydroxyl groups is 1. The van der Waals surface area contributed by atoms with E-state index in [2.05, 4.69) is 9.82 Å². The summed E-state index contributed by atoms with van der Waals surface area (Å²) in [6.45, 7) is 3.36. The zero-order valence-corrected chi connectivity index (χ0v) is 12.4. The topological polar surface area (TPSA) is 84.2 Å². The van der Waals surface area contributed by atoms with Crippen molar-refractivity contribution in [3.05, 3.63) is 41.2 Å². The molecule has 1 heterocycles. The maximum absolute atomic E-state index is 12.3. The molecule has 0 aliphatic carbocycles. The first-order valence-electron chi connectivity index (χ1n) is 6.07. The van der Waals surface area contributed by atoms with Crippen molar-refractivity contribution >= 4 is 15.7 Å². The van der Waals surface area contributed by atoms with Crippen molar-refractivity contribution in [3.63, 3.8) is 0 Å². The lowest BCUT2D eigenvalue weighted by Crippen LogP contribution is -2.13. The molecule has 0 atom stereocenters. The van der Waals surface area contributed by atoms with Crippen LogP contribution in [0.25, 0.3) is 0 Å². The zero-order chi connectivity index (χ0) is 14.9. The highest BCUT2D eigenvalue weighted by molar-refractivity contribution is 7.92. The molecule has 6 nitrogen and oxygen atoms in total. The van der Waals surface area contributed by atoms with E-state index in [1.54, 1.807) is 30.9 Å². The molecular weight excluding hydrogens is 278 g/mol. The van der Waals surface area contributed by atoms with Gasteiger partial charge in [0.05, 0.1) is 22.9 Å². The van der Waals surface area contributed by atoms with E-state index >= 15 is 0 Å². The lowest BCUT2D eigenvalue weighted by Gasteiger charge is -2.09. The van der Waals surface area contributed by atoms with Gasteiger partial charge in [-0.25, -0.2) is 8.42 Å². The van der Waals surface area contributed by atoms with Gasteiger partial charge in [-0.3, -0.25) is 9.40 Å². The number of nitrogens with one attached hydrogen (secondary N) is 1. The summed E-state index contributed by atoms with van der Waals surface area (Å²) in [6, 6.07) is 4.67. The van der Waals surface area contributed by atoms with Crippen molar-refractivity contribution < 1.29 is 13.5 Å². The van der Waals surface area contributed by atoms with E-state index in [0.717, 1.165) is 5.56 Å². The summed E-state index contributed by atoms with van der Waals surface area (Å²) in [4.78, 5) is 0.121. The average Bonchev–Trinajstić information content (AvgIpc) is 2.67. The molecule has 7 heteroatoms. The molecule has 0 spiro atoms. The summed E-state index contributed by atoms with van der Waals surface area (Å²) in [5.41, 5.74) is 2.49. The highest BCUT2D eigenvalue weighted by atomic mass is 32.2. The fraction of sp³-hybridized carbons (Fsp3) is 0.308. The molecule has 0 saturated carbocycles. The first-order valence-corrected chi connectivity index (χ1v) is 7.55. The van der Waals surface area contributed by atoms with Gasteiger partial charge in [-0.05, 0) is 37.1 Å². The van der Waals surface area contributed by atoms with Gasteiger partial charge in [-0.15, -0.1) is 0 Å². The smallest absolute Gasteiger partial charge is 0.262 e. The van der Waals surface area contributed by atoms with E-state index in [4.69, 9.17) is 0 Å². The number of benzene rings is 1. The number of anilines is 1. The van der Waals surface area contributed by atoms with Crippen LogP contribution < -0.4 is 4.72 Å². The largest absolute Gasteiger partial charge is 0.392 e. The van der Waals surface area contributed by atoms with Gasteiger partial charge in [0.1, 0.15) is 0 Å². The second-order valence-corrected chi connectivity index (χ2v) is 6.34. The highest BCUT2D eigenvalue weighted by Gasteiger charge is 2.17. The maximum Gasteiger partial charge on any atom is 0.262 e. The summed E-state index contributed by atoms with van der Waals surface area (Å²) >= 11 is 0. The Labute approximate surface area is 118 Å². The standard InChI is InChI=1S/C13H17N3O3S/c1-9-4-5-12(6-11(9)8-17)20(18,19)15-13-7-16(3)14-10(13)2/h4-7,15,17H,8H2,1-3H3. The molecule has 0 unspecified atom stereocenters. The van der Waals surface area contributed by atoms with Crippen LogP contribution in [-0.2, 0) is 23.7 Å². The molecule has 0 radical (unpaired) electrons. The van der Waals surface area contributed by atoms with E-state index in [0.29, 0.717) is 16.9 Å². The van der Waals surface area contributed by atoms with Crippen LogP contribution in [0.2, 0.25) is 0 Å². The van der Waals surface area contributed by atoms with Crippen molar-refractivity contribution in [2.45, 2.75) is 25.3 Å². The Kier molecular flexibility index (Phi) is 3.82. The van der Waals surface area contributed by atoms with Crippen LogP contribution in [0.3, 0.4) is 0 Å². The summed E-state index contributed by atoms with van der Waals surface area (Å²) < 4.78 is 28.7. The fourth-order valence-electron chi connectivity index (χ4n) is 1.89. The predicted octanol–water partition coefficient (Wildman–Crippen LogP) is 1.33. The van der Waals surface area contributed by atoms with E-state index in [9.17, 15) is 13.5 Å². The number of hydrogen-bond donors (Lipinski definition) is 2. The number of hydrogen-bond acceptors (Lipinski definition) is 4. The molecule has 0 aliphatic rings. The van der Waals surface area contributed by atoms with Gasteiger partial charge < -0.3 is 5.11 Å². The van der Waals surface area contributed by atoms with Crippen LogP contribution in [-0.4, -0.2) is 23.3 Å². The first kappa shape index (κ1) is 14.5. The number of nitrogens with zero attached hydrogens (tertiary/aromatic N) is 2. The Morgan fingerprint density at radius 1 is 1.35 bits per heavy atom. The lowest BCUT2D eigenvalue weighted by molar-refractivity contribution is 0.281. The molecule has 0 amide bonds. The molecule has 20 heavy (non-hydrogen) atoms. The summed E-state index contributed by atoms with van der Waals surface area (Å²) in [5, 5.41) is 13.3. The lowest BCUT2D eigenvalue weighted by atomic mass is 10.1. The van der Waals surface area contributed by atoms with Gasteiger partial charge in [0.2, 0.25) is 0 Å². The Balaban J connectivity index is 2.38. The van der Waals surface area contributed by atoms with E-state index in [-0.39, 0.29) is 11.5 Å². The van der Waals surface area contributed by atoms with Gasteiger partial charge in [-0.2, -0.15) is 5.10 Å². The summed E-state index contributed by atoms with van der Waals surface area (Å²) in [6.07, 6.45) is 1.61. The Morgan fingerprint density at radius 3 is 2.60 bits per heavy atom. The van der Waals surface area contributed by atoms with Crippen molar-refractivity contribution in [1.29, 1.82) is 0 Å². The van der Waals surface area contributed by atoms with Crippen LogP contribution in [0.5, 0.6) is 0 Å². The second kappa shape index (κ2) is 5.26. The molecule has 2 N–H and O–H groups in total. The SMILES string of the molecule is Cc1ccc(S(=O)(=O)Nc2cn(C)nc2C)cc1CO. The third kappa shape index (κ3) is 2.83. The molecule has 108 valence electrons. The van der Waals surface area contributed by atoms with E-state index in [1.807, 2.05) is 6.92 Å².